The van der Waals surface area contributed by atoms with E-state index in [4.69, 9.17) is 5.26 Å². The molecule has 1 amide bonds. The molecule has 6 heteroatoms. The zero-order valence-electron chi connectivity index (χ0n) is 10.3. The molecule has 1 unspecified atom stereocenters. The highest BCUT2D eigenvalue weighted by Gasteiger charge is 2.27. The predicted molar refractivity (Wildman–Crippen MR) is 70.3 cm³/mol. The topological polar surface area (TPSA) is 87.0 Å². The van der Waals surface area contributed by atoms with Gasteiger partial charge >= 0.3 is 0 Å². The number of nitriles is 1. The number of nitrogens with one attached hydrogen (secondary N) is 1. The monoisotopic (exact) mass is 278 g/mol. The van der Waals surface area contributed by atoms with E-state index in [2.05, 4.69) is 5.32 Å². The first kappa shape index (κ1) is 13.6. The van der Waals surface area contributed by atoms with E-state index in [0.29, 0.717) is 24.1 Å². The van der Waals surface area contributed by atoms with E-state index >= 15 is 0 Å². The van der Waals surface area contributed by atoms with Gasteiger partial charge in [-0.15, -0.1) is 0 Å². The number of hydrogen-bond acceptors (Lipinski definition) is 4. The second-order valence-corrected chi connectivity index (χ2v) is 6.90. The van der Waals surface area contributed by atoms with Crippen LogP contribution < -0.4 is 5.32 Å². The Morgan fingerprint density at radius 1 is 1.47 bits per heavy atom. The lowest BCUT2D eigenvalue weighted by molar-refractivity contribution is 0.0948. The van der Waals surface area contributed by atoms with E-state index in [9.17, 15) is 13.2 Å². The molecule has 0 aromatic heterocycles. The number of benzene rings is 1. The van der Waals surface area contributed by atoms with Gasteiger partial charge in [0.05, 0.1) is 23.1 Å². The third-order valence-electron chi connectivity index (χ3n) is 3.13. The summed E-state index contributed by atoms with van der Waals surface area (Å²) in [4.78, 5) is 11.9. The highest BCUT2D eigenvalue weighted by molar-refractivity contribution is 7.91. The van der Waals surface area contributed by atoms with Crippen LogP contribution in [-0.4, -0.2) is 32.4 Å². The van der Waals surface area contributed by atoms with Gasteiger partial charge in [0.15, 0.2) is 9.84 Å². The van der Waals surface area contributed by atoms with Crippen LogP contribution in [0.1, 0.15) is 22.3 Å². The molecule has 1 fully saturated rings. The van der Waals surface area contributed by atoms with E-state index in [1.807, 2.05) is 6.07 Å². The smallest absolute Gasteiger partial charge is 0.251 e. The third kappa shape index (κ3) is 3.55. The van der Waals surface area contributed by atoms with Crippen LogP contribution in [0.5, 0.6) is 0 Å². The van der Waals surface area contributed by atoms with Crippen molar-refractivity contribution in [1.29, 1.82) is 5.26 Å². The second kappa shape index (κ2) is 5.41. The van der Waals surface area contributed by atoms with Gasteiger partial charge in [-0.25, -0.2) is 8.42 Å². The van der Waals surface area contributed by atoms with Crippen molar-refractivity contribution in [1.82, 2.24) is 5.32 Å². The molecule has 0 saturated carbocycles. The highest BCUT2D eigenvalue weighted by atomic mass is 32.2. The summed E-state index contributed by atoms with van der Waals surface area (Å²) in [7, 11) is -2.91. The Balaban J connectivity index is 1.93. The molecule has 1 aromatic rings. The summed E-state index contributed by atoms with van der Waals surface area (Å²) in [5.74, 6) is 0.0673. The average molecular weight is 278 g/mol. The molecule has 1 heterocycles. The van der Waals surface area contributed by atoms with Crippen molar-refractivity contribution in [3.05, 3.63) is 35.4 Å². The van der Waals surface area contributed by atoms with Gasteiger partial charge in [0.25, 0.3) is 5.91 Å². The minimum Gasteiger partial charge on any atom is -0.352 e. The molecule has 1 N–H and O–H groups in total. The first-order valence-corrected chi connectivity index (χ1v) is 7.81. The maximum atomic E-state index is 11.9. The van der Waals surface area contributed by atoms with E-state index in [0.717, 1.165) is 0 Å². The lowest BCUT2D eigenvalue weighted by Crippen LogP contribution is -2.29. The first-order valence-electron chi connectivity index (χ1n) is 5.99. The molecule has 1 aromatic carbocycles. The van der Waals surface area contributed by atoms with Gasteiger partial charge < -0.3 is 5.32 Å². The zero-order valence-corrected chi connectivity index (χ0v) is 11.1. The van der Waals surface area contributed by atoms with Crippen molar-refractivity contribution >= 4 is 15.7 Å². The summed E-state index contributed by atoms with van der Waals surface area (Å²) in [6.45, 7) is 0.356. The largest absolute Gasteiger partial charge is 0.352 e. The summed E-state index contributed by atoms with van der Waals surface area (Å²) >= 11 is 0. The number of rotatable bonds is 3. The van der Waals surface area contributed by atoms with Gasteiger partial charge in [0, 0.05) is 12.1 Å². The van der Waals surface area contributed by atoms with Crippen LogP contribution >= 0.6 is 0 Å². The van der Waals surface area contributed by atoms with Crippen LogP contribution in [-0.2, 0) is 9.84 Å². The van der Waals surface area contributed by atoms with Crippen molar-refractivity contribution in [2.45, 2.75) is 6.42 Å². The average Bonchev–Trinajstić information content (AvgIpc) is 2.75. The molecule has 2 rings (SSSR count). The zero-order chi connectivity index (χ0) is 13.9. The van der Waals surface area contributed by atoms with E-state index in [1.54, 1.807) is 18.2 Å². The fraction of sp³-hybridized carbons (Fsp3) is 0.385. The summed E-state index contributed by atoms with van der Waals surface area (Å²) in [5, 5.41) is 11.5. The maximum absolute atomic E-state index is 11.9. The summed E-state index contributed by atoms with van der Waals surface area (Å²) in [5.41, 5.74) is 0.844. The van der Waals surface area contributed by atoms with Gasteiger partial charge in [-0.3, -0.25) is 4.79 Å². The fourth-order valence-corrected chi connectivity index (χ4v) is 3.96. The van der Waals surface area contributed by atoms with Crippen LogP contribution in [0.3, 0.4) is 0 Å². The van der Waals surface area contributed by atoms with Crippen molar-refractivity contribution in [2.75, 3.05) is 18.1 Å². The number of sulfone groups is 1. The summed E-state index contributed by atoms with van der Waals surface area (Å²) in [6.07, 6.45) is 0.598. The molecule has 1 aliphatic rings. The van der Waals surface area contributed by atoms with Crippen LogP contribution in [0.4, 0.5) is 0 Å². The van der Waals surface area contributed by atoms with Crippen LogP contribution in [0.25, 0.3) is 0 Å². The molecule has 1 atom stereocenters. The molecular formula is C13H14N2O3S. The minimum absolute atomic E-state index is 0.00639. The minimum atomic E-state index is -2.91. The van der Waals surface area contributed by atoms with Crippen molar-refractivity contribution in [3.8, 4) is 6.07 Å². The molecule has 0 radical (unpaired) electrons. The van der Waals surface area contributed by atoms with Gasteiger partial charge in [-0.1, -0.05) is 6.07 Å². The highest BCUT2D eigenvalue weighted by Crippen LogP contribution is 2.17. The SMILES string of the molecule is N#Cc1cccc(C(=O)NCC2CCS(=O)(=O)C2)c1. The Kier molecular flexibility index (Phi) is 3.86. The first-order chi connectivity index (χ1) is 9.00. The Morgan fingerprint density at radius 2 is 2.26 bits per heavy atom. The number of nitrogens with zero attached hydrogens (tertiary/aromatic N) is 1. The molecule has 0 aliphatic carbocycles. The van der Waals surface area contributed by atoms with Gasteiger partial charge in [-0.05, 0) is 30.5 Å². The van der Waals surface area contributed by atoms with Gasteiger partial charge in [-0.2, -0.15) is 5.26 Å². The van der Waals surface area contributed by atoms with Gasteiger partial charge in [0.1, 0.15) is 0 Å². The Labute approximate surface area is 112 Å². The molecule has 0 spiro atoms. The number of hydrogen-bond donors (Lipinski definition) is 1. The quantitative estimate of drug-likeness (QED) is 0.882. The lowest BCUT2D eigenvalue weighted by atomic mass is 10.1. The summed E-state index contributed by atoms with van der Waals surface area (Å²) in [6, 6.07) is 8.38. The van der Waals surface area contributed by atoms with Crippen molar-refractivity contribution < 1.29 is 13.2 Å². The normalized spacial score (nSPS) is 20.7. The number of carbonyl (C=O) groups excluding carboxylic acids is 1. The molecule has 5 nitrogen and oxygen atoms in total. The number of carbonyl (C=O) groups is 1. The maximum Gasteiger partial charge on any atom is 0.251 e. The van der Waals surface area contributed by atoms with Gasteiger partial charge in [0.2, 0.25) is 0 Å². The summed E-state index contributed by atoms with van der Waals surface area (Å²) < 4.78 is 22.6. The Morgan fingerprint density at radius 3 is 2.89 bits per heavy atom. The second-order valence-electron chi connectivity index (χ2n) is 4.67. The molecule has 100 valence electrons. The van der Waals surface area contributed by atoms with Crippen molar-refractivity contribution in [3.63, 3.8) is 0 Å². The number of amides is 1. The molecule has 1 aliphatic heterocycles. The molecule has 19 heavy (non-hydrogen) atoms. The van der Waals surface area contributed by atoms with Crippen LogP contribution in [0.15, 0.2) is 24.3 Å². The molecule has 0 bridgehead atoms. The van der Waals surface area contributed by atoms with E-state index < -0.39 is 9.84 Å². The van der Waals surface area contributed by atoms with E-state index in [-0.39, 0.29) is 23.3 Å². The standard InChI is InChI=1S/C13H14N2O3S/c14-7-10-2-1-3-12(6-10)13(16)15-8-11-4-5-19(17,18)9-11/h1-3,6,11H,4-5,8-9H2,(H,15,16). The van der Waals surface area contributed by atoms with Crippen molar-refractivity contribution in [2.24, 2.45) is 5.92 Å². The Bertz CT molecular complexity index is 632. The third-order valence-corrected chi connectivity index (χ3v) is 4.97. The Hall–Kier alpha value is -1.87. The molecule has 1 saturated heterocycles. The van der Waals surface area contributed by atoms with Crippen LogP contribution in [0, 0.1) is 17.2 Å². The molecular weight excluding hydrogens is 264 g/mol. The van der Waals surface area contributed by atoms with E-state index in [1.165, 1.54) is 6.07 Å². The fourth-order valence-electron chi connectivity index (χ4n) is 2.10. The lowest BCUT2D eigenvalue weighted by Gasteiger charge is -2.09. The predicted octanol–water partition coefficient (Wildman–Crippen LogP) is 0.723. The van der Waals surface area contributed by atoms with Crippen LogP contribution in [0.2, 0.25) is 0 Å².